The Kier molecular flexibility index (Phi) is 4.06. The number of anilines is 1. The number of terminal acetylenes is 1. The van der Waals surface area contributed by atoms with Gasteiger partial charge in [0, 0.05) is 19.0 Å². The highest BCUT2D eigenvalue weighted by Gasteiger charge is 2.02. The second-order valence-electron chi connectivity index (χ2n) is 2.91. The first-order chi connectivity index (χ1) is 7.31. The molecule has 76 valence electrons. The lowest BCUT2D eigenvalue weighted by Gasteiger charge is -2.09. The molecule has 0 radical (unpaired) electrons. The molecule has 0 aromatic heterocycles. The Morgan fingerprint density at radius 2 is 2.33 bits per heavy atom. The number of hydrogen-bond donors (Lipinski definition) is 1. The zero-order valence-electron chi connectivity index (χ0n) is 8.58. The van der Waals surface area contributed by atoms with Crippen LogP contribution >= 0.6 is 0 Å². The van der Waals surface area contributed by atoms with E-state index in [0.717, 1.165) is 5.69 Å². The van der Waals surface area contributed by atoms with Gasteiger partial charge < -0.3 is 10.1 Å². The first kappa shape index (κ1) is 10.9. The summed E-state index contributed by atoms with van der Waals surface area (Å²) in [4.78, 5) is 0. The third-order valence-corrected chi connectivity index (χ3v) is 1.92. The Balaban J connectivity index is 2.80. The topological polar surface area (TPSA) is 45.0 Å². The highest BCUT2D eigenvalue weighted by Crippen LogP contribution is 2.24. The van der Waals surface area contributed by atoms with E-state index >= 15 is 0 Å². The van der Waals surface area contributed by atoms with Gasteiger partial charge in [-0.1, -0.05) is 0 Å². The number of benzene rings is 1. The molecule has 3 heteroatoms. The quantitative estimate of drug-likeness (QED) is 0.597. The summed E-state index contributed by atoms with van der Waals surface area (Å²) in [5.41, 5.74) is 1.43. The second-order valence-corrected chi connectivity index (χ2v) is 2.91. The molecule has 1 aromatic rings. The average molecular weight is 200 g/mol. The van der Waals surface area contributed by atoms with E-state index in [1.165, 1.54) is 0 Å². The van der Waals surface area contributed by atoms with Gasteiger partial charge in [-0.15, -0.1) is 12.3 Å². The van der Waals surface area contributed by atoms with Crippen molar-refractivity contribution >= 4 is 5.69 Å². The number of hydrogen-bond acceptors (Lipinski definition) is 3. The standard InChI is InChI=1S/C12H12N2O/c1-3-4-7-14-11-6-5-10(9-13)8-12(11)15-2/h1,5-6,8,14H,4,7H2,2H3. The van der Waals surface area contributed by atoms with E-state index in [1.54, 1.807) is 19.2 Å². The Morgan fingerprint density at radius 3 is 2.93 bits per heavy atom. The van der Waals surface area contributed by atoms with Gasteiger partial charge in [0.25, 0.3) is 0 Å². The molecule has 0 amide bonds. The summed E-state index contributed by atoms with van der Waals surface area (Å²) in [6.07, 6.45) is 5.80. The number of methoxy groups -OCH3 is 1. The zero-order valence-corrected chi connectivity index (χ0v) is 8.58. The van der Waals surface area contributed by atoms with Crippen LogP contribution in [-0.4, -0.2) is 13.7 Å². The summed E-state index contributed by atoms with van der Waals surface area (Å²) >= 11 is 0. The fraction of sp³-hybridized carbons (Fsp3) is 0.250. The highest BCUT2D eigenvalue weighted by molar-refractivity contribution is 5.59. The molecule has 1 aromatic carbocycles. The van der Waals surface area contributed by atoms with E-state index in [2.05, 4.69) is 17.3 Å². The fourth-order valence-electron chi connectivity index (χ4n) is 1.18. The molecule has 0 saturated heterocycles. The summed E-state index contributed by atoms with van der Waals surface area (Å²) in [5.74, 6) is 3.20. The van der Waals surface area contributed by atoms with Crippen molar-refractivity contribution in [1.29, 1.82) is 5.26 Å². The molecule has 0 aliphatic rings. The van der Waals surface area contributed by atoms with Gasteiger partial charge in [-0.05, 0) is 12.1 Å². The summed E-state index contributed by atoms with van der Waals surface area (Å²) in [7, 11) is 1.57. The molecule has 0 bridgehead atoms. The molecule has 0 atom stereocenters. The van der Waals surface area contributed by atoms with Crippen molar-refractivity contribution in [3.8, 4) is 24.2 Å². The highest BCUT2D eigenvalue weighted by atomic mass is 16.5. The SMILES string of the molecule is C#CCCNc1ccc(C#N)cc1OC. The largest absolute Gasteiger partial charge is 0.495 e. The summed E-state index contributed by atoms with van der Waals surface area (Å²) < 4.78 is 5.15. The van der Waals surface area contributed by atoms with Gasteiger partial charge in [-0.2, -0.15) is 5.26 Å². The van der Waals surface area contributed by atoms with Crippen LogP contribution in [0.5, 0.6) is 5.75 Å². The van der Waals surface area contributed by atoms with Gasteiger partial charge in [-0.3, -0.25) is 0 Å². The minimum absolute atomic E-state index is 0.578. The van der Waals surface area contributed by atoms with Crippen molar-refractivity contribution in [1.82, 2.24) is 0 Å². The molecule has 0 aliphatic heterocycles. The summed E-state index contributed by atoms with van der Waals surface area (Å²) in [6, 6.07) is 7.30. The van der Waals surface area contributed by atoms with Gasteiger partial charge in [0.2, 0.25) is 0 Å². The molecule has 0 spiro atoms. The van der Waals surface area contributed by atoms with Crippen molar-refractivity contribution in [2.75, 3.05) is 19.0 Å². The molecular formula is C12H12N2O. The van der Waals surface area contributed by atoms with Crippen LogP contribution in [0.1, 0.15) is 12.0 Å². The van der Waals surface area contributed by atoms with Crippen LogP contribution in [0.3, 0.4) is 0 Å². The van der Waals surface area contributed by atoms with Crippen LogP contribution in [0, 0.1) is 23.7 Å². The fourth-order valence-corrected chi connectivity index (χ4v) is 1.18. The van der Waals surface area contributed by atoms with Crippen LogP contribution in [-0.2, 0) is 0 Å². The number of rotatable bonds is 4. The predicted molar refractivity (Wildman–Crippen MR) is 59.6 cm³/mol. The maximum atomic E-state index is 8.71. The van der Waals surface area contributed by atoms with Crippen molar-refractivity contribution < 1.29 is 4.74 Å². The van der Waals surface area contributed by atoms with E-state index in [1.807, 2.05) is 6.07 Å². The second kappa shape index (κ2) is 5.57. The molecule has 15 heavy (non-hydrogen) atoms. The number of nitrogens with one attached hydrogen (secondary N) is 1. The van der Waals surface area contributed by atoms with E-state index in [0.29, 0.717) is 24.3 Å². The first-order valence-corrected chi connectivity index (χ1v) is 4.57. The maximum absolute atomic E-state index is 8.71. The number of ether oxygens (including phenoxy) is 1. The van der Waals surface area contributed by atoms with Crippen LogP contribution in [0.25, 0.3) is 0 Å². The molecule has 0 fully saturated rings. The minimum Gasteiger partial charge on any atom is -0.495 e. The monoisotopic (exact) mass is 200 g/mol. The lowest BCUT2D eigenvalue weighted by Crippen LogP contribution is -2.02. The number of nitriles is 1. The maximum Gasteiger partial charge on any atom is 0.143 e. The van der Waals surface area contributed by atoms with Crippen LogP contribution in [0.2, 0.25) is 0 Å². The lowest BCUT2D eigenvalue weighted by molar-refractivity contribution is 0.416. The smallest absolute Gasteiger partial charge is 0.143 e. The molecule has 0 unspecified atom stereocenters. The molecule has 3 nitrogen and oxygen atoms in total. The average Bonchev–Trinajstić information content (AvgIpc) is 2.29. The number of nitrogens with zero attached hydrogens (tertiary/aromatic N) is 1. The van der Waals surface area contributed by atoms with Crippen molar-refractivity contribution in [3.63, 3.8) is 0 Å². The van der Waals surface area contributed by atoms with Crippen molar-refractivity contribution in [3.05, 3.63) is 23.8 Å². The summed E-state index contributed by atoms with van der Waals surface area (Å²) in [6.45, 7) is 0.693. The molecule has 0 saturated carbocycles. The molecular weight excluding hydrogens is 188 g/mol. The first-order valence-electron chi connectivity index (χ1n) is 4.57. The van der Waals surface area contributed by atoms with E-state index in [4.69, 9.17) is 16.4 Å². The van der Waals surface area contributed by atoms with Crippen LogP contribution in [0.4, 0.5) is 5.69 Å². The van der Waals surface area contributed by atoms with E-state index in [-0.39, 0.29) is 0 Å². The van der Waals surface area contributed by atoms with Gasteiger partial charge in [0.15, 0.2) is 0 Å². The molecule has 0 heterocycles. The molecule has 1 N–H and O–H groups in total. The van der Waals surface area contributed by atoms with E-state index < -0.39 is 0 Å². The van der Waals surface area contributed by atoms with Gasteiger partial charge >= 0.3 is 0 Å². The zero-order chi connectivity index (χ0) is 11.1. The minimum atomic E-state index is 0.578. The van der Waals surface area contributed by atoms with Gasteiger partial charge in [0.1, 0.15) is 5.75 Å². The molecule has 1 rings (SSSR count). The Bertz CT molecular complexity index is 413. The van der Waals surface area contributed by atoms with Gasteiger partial charge in [-0.25, -0.2) is 0 Å². The normalized spacial score (nSPS) is 8.73. The van der Waals surface area contributed by atoms with Crippen LogP contribution in [0.15, 0.2) is 18.2 Å². The Labute approximate surface area is 89.7 Å². The Hall–Kier alpha value is -2.13. The van der Waals surface area contributed by atoms with Crippen molar-refractivity contribution in [2.24, 2.45) is 0 Å². The Morgan fingerprint density at radius 1 is 1.53 bits per heavy atom. The van der Waals surface area contributed by atoms with Crippen molar-refractivity contribution in [2.45, 2.75) is 6.42 Å². The predicted octanol–water partition coefficient (Wildman–Crippen LogP) is 2.00. The van der Waals surface area contributed by atoms with E-state index in [9.17, 15) is 0 Å². The molecule has 0 aliphatic carbocycles. The van der Waals surface area contributed by atoms with Gasteiger partial charge in [0.05, 0.1) is 24.4 Å². The lowest BCUT2D eigenvalue weighted by atomic mass is 10.2. The third kappa shape index (κ3) is 2.93. The third-order valence-electron chi connectivity index (χ3n) is 1.92. The summed E-state index contributed by atoms with van der Waals surface area (Å²) in [5, 5.41) is 11.8. The van der Waals surface area contributed by atoms with Crippen LogP contribution < -0.4 is 10.1 Å².